The van der Waals surface area contributed by atoms with Gasteiger partial charge in [0.05, 0.1) is 0 Å². The molecular weight excluding hydrogens is 236 g/mol. The van der Waals surface area contributed by atoms with Crippen molar-refractivity contribution in [1.29, 1.82) is 0 Å². The van der Waals surface area contributed by atoms with Gasteiger partial charge in [-0.15, -0.1) is 6.42 Å². The second-order valence-electron chi connectivity index (χ2n) is 5.19. The van der Waals surface area contributed by atoms with E-state index >= 15 is 0 Å². The molecule has 0 heterocycles. The molecule has 3 atom stereocenters. The molecule has 1 rings (SSSR count). The topological polar surface area (TPSA) is 18.5 Å². The highest BCUT2D eigenvalue weighted by atomic mass is 16.5. The van der Waals surface area contributed by atoms with Crippen LogP contribution >= 0.6 is 0 Å². The third-order valence-electron chi connectivity index (χ3n) is 3.81. The molecule has 0 N–H and O–H groups in total. The summed E-state index contributed by atoms with van der Waals surface area (Å²) < 4.78 is 11.3. The number of hydrogen-bond donors (Lipinski definition) is 0. The second kappa shape index (κ2) is 8.19. The first-order valence-electron chi connectivity index (χ1n) is 7.19. The van der Waals surface area contributed by atoms with Gasteiger partial charge in [0, 0.05) is 13.7 Å². The molecule has 0 spiro atoms. The van der Waals surface area contributed by atoms with E-state index in [1.807, 2.05) is 24.3 Å². The summed E-state index contributed by atoms with van der Waals surface area (Å²) in [4.78, 5) is 0. The van der Waals surface area contributed by atoms with E-state index in [0.29, 0.717) is 0 Å². The Morgan fingerprint density at radius 2 is 2.16 bits per heavy atom. The van der Waals surface area contributed by atoms with Gasteiger partial charge in [-0.2, -0.15) is 0 Å². The van der Waals surface area contributed by atoms with Crippen LogP contribution in [0.1, 0.15) is 39.5 Å². The SMILES string of the molecule is C#CC1(OC)C=CC=CC1OCCCCC(C)CC. The van der Waals surface area contributed by atoms with Crippen molar-refractivity contribution in [1.82, 2.24) is 0 Å². The molecule has 0 aromatic heterocycles. The van der Waals surface area contributed by atoms with Gasteiger partial charge in [-0.25, -0.2) is 0 Å². The van der Waals surface area contributed by atoms with Gasteiger partial charge in [0.15, 0.2) is 5.60 Å². The maximum absolute atomic E-state index is 5.89. The fourth-order valence-corrected chi connectivity index (χ4v) is 2.16. The third kappa shape index (κ3) is 4.53. The molecular formula is C17H26O2. The molecule has 0 saturated carbocycles. The van der Waals surface area contributed by atoms with Crippen LogP contribution in [-0.4, -0.2) is 25.4 Å². The summed E-state index contributed by atoms with van der Waals surface area (Å²) in [5.74, 6) is 3.51. The Morgan fingerprint density at radius 3 is 2.79 bits per heavy atom. The van der Waals surface area contributed by atoms with Gasteiger partial charge in [0.2, 0.25) is 0 Å². The van der Waals surface area contributed by atoms with Crippen LogP contribution in [0.2, 0.25) is 0 Å². The average Bonchev–Trinajstić information content (AvgIpc) is 2.47. The van der Waals surface area contributed by atoms with Crippen LogP contribution in [0, 0.1) is 18.3 Å². The maximum atomic E-state index is 5.89. The lowest BCUT2D eigenvalue weighted by Crippen LogP contribution is -2.43. The quantitative estimate of drug-likeness (QED) is 0.490. The zero-order chi connectivity index (χ0) is 14.1. The van der Waals surface area contributed by atoms with Crippen LogP contribution < -0.4 is 0 Å². The molecule has 0 aliphatic heterocycles. The van der Waals surface area contributed by atoms with Crippen molar-refractivity contribution in [2.24, 2.45) is 5.92 Å². The largest absolute Gasteiger partial charge is 0.370 e. The highest BCUT2D eigenvalue weighted by Gasteiger charge is 2.35. The smallest absolute Gasteiger partial charge is 0.176 e. The Labute approximate surface area is 117 Å². The van der Waals surface area contributed by atoms with Gasteiger partial charge in [0.25, 0.3) is 0 Å². The van der Waals surface area contributed by atoms with Gasteiger partial charge in [0.1, 0.15) is 6.10 Å². The molecule has 106 valence electrons. The second-order valence-corrected chi connectivity index (χ2v) is 5.19. The van der Waals surface area contributed by atoms with Crippen LogP contribution in [0.15, 0.2) is 24.3 Å². The molecule has 3 unspecified atom stereocenters. The zero-order valence-corrected chi connectivity index (χ0v) is 12.4. The van der Waals surface area contributed by atoms with Crippen LogP contribution in [0.5, 0.6) is 0 Å². The third-order valence-corrected chi connectivity index (χ3v) is 3.81. The maximum Gasteiger partial charge on any atom is 0.176 e. The molecule has 0 aromatic carbocycles. The van der Waals surface area contributed by atoms with Crippen LogP contribution in [-0.2, 0) is 9.47 Å². The molecule has 0 radical (unpaired) electrons. The van der Waals surface area contributed by atoms with E-state index in [2.05, 4.69) is 19.8 Å². The lowest BCUT2D eigenvalue weighted by atomic mass is 9.92. The molecule has 0 fully saturated rings. The van der Waals surface area contributed by atoms with Crippen LogP contribution in [0.25, 0.3) is 0 Å². The van der Waals surface area contributed by atoms with Crippen LogP contribution in [0.3, 0.4) is 0 Å². The van der Waals surface area contributed by atoms with Gasteiger partial charge in [-0.3, -0.25) is 0 Å². The molecule has 0 aromatic rings. The van der Waals surface area contributed by atoms with Gasteiger partial charge in [-0.05, 0) is 18.4 Å². The van der Waals surface area contributed by atoms with E-state index in [0.717, 1.165) is 18.9 Å². The molecule has 1 aliphatic rings. The summed E-state index contributed by atoms with van der Waals surface area (Å²) in [6.45, 7) is 5.26. The van der Waals surface area contributed by atoms with Gasteiger partial charge < -0.3 is 9.47 Å². The molecule has 2 heteroatoms. The average molecular weight is 262 g/mol. The summed E-state index contributed by atoms with van der Waals surface area (Å²) in [5.41, 5.74) is -0.745. The first kappa shape index (κ1) is 16.0. The predicted molar refractivity (Wildman–Crippen MR) is 79.9 cm³/mol. The minimum Gasteiger partial charge on any atom is -0.370 e. The number of allylic oxidation sites excluding steroid dienone is 2. The first-order valence-corrected chi connectivity index (χ1v) is 7.19. The number of hydrogen-bond acceptors (Lipinski definition) is 2. The zero-order valence-electron chi connectivity index (χ0n) is 12.4. The van der Waals surface area contributed by atoms with Crippen molar-refractivity contribution in [2.75, 3.05) is 13.7 Å². The summed E-state index contributed by atoms with van der Waals surface area (Å²) >= 11 is 0. The van der Waals surface area contributed by atoms with E-state index in [9.17, 15) is 0 Å². The summed E-state index contributed by atoms with van der Waals surface area (Å²) in [7, 11) is 1.63. The van der Waals surface area contributed by atoms with E-state index in [1.54, 1.807) is 7.11 Å². The Bertz CT molecular complexity index is 351. The summed E-state index contributed by atoms with van der Waals surface area (Å²) in [5, 5.41) is 0. The van der Waals surface area contributed by atoms with E-state index in [-0.39, 0.29) is 6.10 Å². The van der Waals surface area contributed by atoms with E-state index in [4.69, 9.17) is 15.9 Å². The van der Waals surface area contributed by atoms with E-state index < -0.39 is 5.60 Å². The predicted octanol–water partition coefficient (Wildman–Crippen LogP) is 3.73. The molecule has 0 bridgehead atoms. The highest BCUT2D eigenvalue weighted by Crippen LogP contribution is 2.24. The standard InChI is InChI=1S/C17H26O2/c1-5-15(3)11-8-10-14-19-16-12-7-9-13-17(16,6-2)18-4/h2,7,9,12-13,15-16H,5,8,10-11,14H2,1,3-4H3. The Balaban J connectivity index is 2.34. The minimum atomic E-state index is -0.745. The number of terminal acetylenes is 1. The Morgan fingerprint density at radius 1 is 1.37 bits per heavy atom. The molecule has 1 aliphatic carbocycles. The number of unbranched alkanes of at least 4 members (excludes halogenated alkanes) is 1. The van der Waals surface area contributed by atoms with Gasteiger partial charge in [-0.1, -0.05) is 57.3 Å². The monoisotopic (exact) mass is 262 g/mol. The number of ether oxygens (including phenoxy) is 2. The normalized spacial score (nSPS) is 27.2. The lowest BCUT2D eigenvalue weighted by molar-refractivity contribution is -0.0493. The molecule has 19 heavy (non-hydrogen) atoms. The van der Waals surface area contributed by atoms with Crippen molar-refractivity contribution in [3.8, 4) is 12.3 Å². The fraction of sp³-hybridized carbons (Fsp3) is 0.647. The van der Waals surface area contributed by atoms with Crippen molar-refractivity contribution >= 4 is 0 Å². The van der Waals surface area contributed by atoms with Crippen LogP contribution in [0.4, 0.5) is 0 Å². The van der Waals surface area contributed by atoms with Crippen molar-refractivity contribution in [2.45, 2.75) is 51.2 Å². The molecule has 0 amide bonds. The summed E-state index contributed by atoms with van der Waals surface area (Å²) in [6.07, 6.45) is 17.9. The first-order chi connectivity index (χ1) is 9.18. The van der Waals surface area contributed by atoms with Crippen molar-refractivity contribution in [3.63, 3.8) is 0 Å². The fourth-order valence-electron chi connectivity index (χ4n) is 2.16. The molecule has 2 nitrogen and oxygen atoms in total. The molecule has 0 saturated heterocycles. The number of methoxy groups -OCH3 is 1. The summed E-state index contributed by atoms with van der Waals surface area (Å²) in [6, 6.07) is 0. The Hall–Kier alpha value is -1.04. The van der Waals surface area contributed by atoms with Crippen molar-refractivity contribution in [3.05, 3.63) is 24.3 Å². The van der Waals surface area contributed by atoms with Crippen molar-refractivity contribution < 1.29 is 9.47 Å². The highest BCUT2D eigenvalue weighted by molar-refractivity contribution is 5.33. The Kier molecular flexibility index (Phi) is 6.91. The minimum absolute atomic E-state index is 0.184. The van der Waals surface area contributed by atoms with Gasteiger partial charge >= 0.3 is 0 Å². The van der Waals surface area contributed by atoms with E-state index in [1.165, 1.54) is 19.3 Å². The lowest BCUT2D eigenvalue weighted by Gasteiger charge is -2.32. The number of rotatable bonds is 8.